The van der Waals surface area contributed by atoms with E-state index in [1.807, 2.05) is 0 Å². The number of rotatable bonds is 5. The molecule has 0 spiro atoms. The van der Waals surface area contributed by atoms with Crippen LogP contribution in [0.3, 0.4) is 0 Å². The molecule has 0 unspecified atom stereocenters. The maximum absolute atomic E-state index is 3.14. The van der Waals surface area contributed by atoms with Crippen LogP contribution < -0.4 is 24.8 Å². The molecule has 0 aromatic heterocycles. The molecule has 0 heterocycles. The first-order valence-electron chi connectivity index (χ1n) is 14.1. The van der Waals surface area contributed by atoms with Crippen molar-refractivity contribution in [3.63, 3.8) is 0 Å². The molecule has 5 aromatic carbocycles. The fourth-order valence-electron chi connectivity index (χ4n) is 4.75. The molecule has 210 valence electrons. The first-order chi connectivity index (χ1) is 19.0. The summed E-state index contributed by atoms with van der Waals surface area (Å²) in [7, 11) is 0. The van der Waals surface area contributed by atoms with Crippen LogP contribution in [0.5, 0.6) is 0 Å². The van der Waals surface area contributed by atoms with Gasteiger partial charge >= 0.3 is 99.2 Å². The second-order valence-electron chi connectivity index (χ2n) is 10.2. The molecule has 0 saturated carbocycles. The molecule has 5 aromatic rings. The number of allylic oxidation sites excluding steroid dienone is 4. The molecule has 0 atom stereocenters. The Balaban J connectivity index is 0.000000223. The summed E-state index contributed by atoms with van der Waals surface area (Å²) in [6.45, 7) is 8.82. The number of benzene rings is 4. The van der Waals surface area contributed by atoms with Gasteiger partial charge in [0, 0.05) is 0 Å². The van der Waals surface area contributed by atoms with Crippen LogP contribution in [0.15, 0.2) is 121 Å². The van der Waals surface area contributed by atoms with Crippen LogP contribution in [-0.4, -0.2) is 3.21 Å². The Kier molecular flexibility index (Phi) is 14.8. The van der Waals surface area contributed by atoms with Crippen molar-refractivity contribution < 1.29 is 49.0 Å². The molecular weight excluding hydrogens is 619 g/mol. The molecule has 6 rings (SSSR count). The van der Waals surface area contributed by atoms with E-state index >= 15 is 0 Å². The van der Waals surface area contributed by atoms with Crippen LogP contribution in [0.4, 0.5) is 0 Å². The number of aryl methyl sites for hydroxylation is 2. The average Bonchev–Trinajstić information content (AvgIpc) is 3.66. The topological polar surface area (TPSA) is 0 Å². The van der Waals surface area contributed by atoms with Gasteiger partial charge in [0.05, 0.1) is 0 Å². The third-order valence-electron chi connectivity index (χ3n) is 7.17. The Morgan fingerprint density at radius 2 is 1.20 bits per heavy atom. The van der Waals surface area contributed by atoms with Crippen LogP contribution in [0, 0.1) is 12.0 Å². The Morgan fingerprint density at radius 1 is 0.732 bits per heavy atom. The van der Waals surface area contributed by atoms with Crippen molar-refractivity contribution in [2.45, 2.75) is 47.0 Å². The summed E-state index contributed by atoms with van der Waals surface area (Å²) in [5.74, 6) is 0.685. The Hall–Kier alpha value is -2.44. The van der Waals surface area contributed by atoms with E-state index in [-0.39, 0.29) is 24.8 Å². The summed E-state index contributed by atoms with van der Waals surface area (Å²) < 4.78 is 1.42. The summed E-state index contributed by atoms with van der Waals surface area (Å²) in [6.07, 6.45) is 10.7. The number of halogens is 2. The molecule has 1 aliphatic rings. The zero-order valence-electron chi connectivity index (χ0n) is 24.4. The van der Waals surface area contributed by atoms with Gasteiger partial charge in [-0.25, -0.2) is 6.08 Å². The molecule has 0 aliphatic heterocycles. The van der Waals surface area contributed by atoms with Gasteiger partial charge in [0.15, 0.2) is 0 Å². The molecule has 3 heteroatoms. The standard InChI is InChI=1S/C17H17.C13H10.C8H11.2ClH.Zr/c1-3-12-5-7-16-14(9-12)11-15-10-13(4-2)6-8-17(15)16;1-3-7-12(8-4-1)11-13-9-5-2-6-10-13;1-7(2)8-5-3-4-6-8;;;/h5-11H,3-4H2,1-2H3;1-10H;5-7H,3H2,1-2H3;2*1H;/q-1;;-1;;;+2/p-2. The van der Waals surface area contributed by atoms with Crippen molar-refractivity contribution in [2.24, 2.45) is 5.92 Å². The summed E-state index contributed by atoms with van der Waals surface area (Å²) >= 11 is 1.46. The quantitative estimate of drug-likeness (QED) is 0.252. The molecule has 0 saturated heterocycles. The average molecular weight is 657 g/mol. The van der Waals surface area contributed by atoms with Crippen molar-refractivity contribution in [3.8, 4) is 0 Å². The van der Waals surface area contributed by atoms with Gasteiger partial charge in [0.2, 0.25) is 0 Å². The van der Waals surface area contributed by atoms with Crippen molar-refractivity contribution in [2.75, 3.05) is 0 Å². The van der Waals surface area contributed by atoms with Crippen LogP contribution in [-0.2, 0) is 37.1 Å². The normalized spacial score (nSPS) is 11.5. The molecule has 0 radical (unpaired) electrons. The number of fused-ring (bicyclic) bond motifs is 3. The van der Waals surface area contributed by atoms with Crippen molar-refractivity contribution in [1.82, 2.24) is 0 Å². The van der Waals surface area contributed by atoms with Gasteiger partial charge < -0.3 is 24.8 Å². The van der Waals surface area contributed by atoms with Crippen molar-refractivity contribution in [3.05, 3.63) is 149 Å². The first kappa shape index (κ1) is 34.8. The molecule has 41 heavy (non-hydrogen) atoms. The molecular formula is C38H38Cl2Zr-2. The summed E-state index contributed by atoms with van der Waals surface area (Å²) in [5.41, 5.74) is 6.94. The van der Waals surface area contributed by atoms with E-state index in [0.717, 1.165) is 19.3 Å². The zero-order chi connectivity index (χ0) is 27.6. The van der Waals surface area contributed by atoms with Gasteiger partial charge in [-0.15, -0.1) is 46.2 Å². The van der Waals surface area contributed by atoms with Crippen LogP contribution in [0.2, 0.25) is 0 Å². The molecule has 1 aliphatic carbocycles. The maximum atomic E-state index is 3.14. The second kappa shape index (κ2) is 17.5. The van der Waals surface area contributed by atoms with E-state index in [2.05, 4.69) is 149 Å². The Labute approximate surface area is 274 Å². The van der Waals surface area contributed by atoms with Crippen molar-refractivity contribution >= 4 is 24.8 Å². The minimum atomic E-state index is 0. The summed E-state index contributed by atoms with van der Waals surface area (Å²) in [5, 5.41) is 5.54. The van der Waals surface area contributed by atoms with E-state index < -0.39 is 0 Å². The second-order valence-corrected chi connectivity index (χ2v) is 11.4. The van der Waals surface area contributed by atoms with Crippen LogP contribution in [0.1, 0.15) is 56.4 Å². The Bertz CT molecular complexity index is 1480. The van der Waals surface area contributed by atoms with Gasteiger partial charge in [-0.1, -0.05) is 69.0 Å². The van der Waals surface area contributed by atoms with Gasteiger partial charge in [-0.2, -0.15) is 11.6 Å². The van der Waals surface area contributed by atoms with E-state index in [4.69, 9.17) is 0 Å². The number of hydrogen-bond acceptors (Lipinski definition) is 0. The predicted molar refractivity (Wildman–Crippen MR) is 167 cm³/mol. The van der Waals surface area contributed by atoms with E-state index in [1.54, 1.807) is 0 Å². The zero-order valence-corrected chi connectivity index (χ0v) is 28.4. The SMILES string of the molecule is CC(C)C1=CC[C-]=C1.CCc1ccc2c(c1)[cH-]c1cc(CC)ccc12.[Cl-].[Cl-].[Zr+2]=[C](c1ccccc1)c1ccccc1. The fraction of sp³-hybridized carbons (Fsp3) is 0.211. The number of hydrogen-bond donors (Lipinski definition) is 0. The molecule has 0 bridgehead atoms. The molecule has 0 fully saturated rings. The van der Waals surface area contributed by atoms with Gasteiger partial charge in [-0.3, -0.25) is 6.08 Å². The van der Waals surface area contributed by atoms with E-state index in [0.29, 0.717) is 5.92 Å². The van der Waals surface area contributed by atoms with Crippen LogP contribution >= 0.6 is 0 Å². The fourth-order valence-corrected chi connectivity index (χ4v) is 5.57. The third-order valence-corrected chi connectivity index (χ3v) is 8.58. The van der Waals surface area contributed by atoms with Gasteiger partial charge in [-0.05, 0) is 12.8 Å². The third kappa shape index (κ3) is 9.54. The van der Waals surface area contributed by atoms with Gasteiger partial charge in [0.1, 0.15) is 0 Å². The molecule has 0 nitrogen and oxygen atoms in total. The van der Waals surface area contributed by atoms with Crippen LogP contribution in [0.25, 0.3) is 21.5 Å². The molecule has 0 N–H and O–H groups in total. The predicted octanol–water partition coefficient (Wildman–Crippen LogP) is 3.98. The van der Waals surface area contributed by atoms with Gasteiger partial charge in [0.25, 0.3) is 0 Å². The molecule has 0 amide bonds. The monoisotopic (exact) mass is 654 g/mol. The summed E-state index contributed by atoms with van der Waals surface area (Å²) in [4.78, 5) is 0. The summed E-state index contributed by atoms with van der Waals surface area (Å²) in [6, 6.07) is 37.1. The van der Waals surface area contributed by atoms with E-state index in [1.165, 1.54) is 76.8 Å². The minimum absolute atomic E-state index is 0. The first-order valence-corrected chi connectivity index (χ1v) is 15.3. The van der Waals surface area contributed by atoms with Crippen molar-refractivity contribution in [1.29, 1.82) is 0 Å². The Morgan fingerprint density at radius 3 is 1.54 bits per heavy atom. The van der Waals surface area contributed by atoms with E-state index in [9.17, 15) is 0 Å².